The molecule has 0 saturated heterocycles. The fourth-order valence-electron chi connectivity index (χ4n) is 8.67. The molecule has 3 atom stereocenters. The molecule has 0 radical (unpaired) electrons. The molecule has 0 saturated carbocycles. The Hall–Kier alpha value is -1.80. The molecule has 0 amide bonds. The highest BCUT2D eigenvalue weighted by molar-refractivity contribution is 4.94. The first-order chi connectivity index (χ1) is 33.4. The van der Waals surface area contributed by atoms with Crippen molar-refractivity contribution in [1.82, 2.24) is 15.1 Å². The number of likely N-dealkylation sites (N-methyl/N-ethyl adjacent to an activating group) is 1. The van der Waals surface area contributed by atoms with Crippen LogP contribution in [0.25, 0.3) is 0 Å². The minimum atomic E-state index is -0.363. The summed E-state index contributed by atoms with van der Waals surface area (Å²) in [6, 6.07) is 0. The monoisotopic (exact) mass is 952 g/mol. The third-order valence-electron chi connectivity index (χ3n) is 13.3. The van der Waals surface area contributed by atoms with Crippen LogP contribution in [0.5, 0.6) is 0 Å². The van der Waals surface area contributed by atoms with Crippen molar-refractivity contribution >= 4 is 0 Å². The largest absolute Gasteiger partial charge is 0.392 e. The van der Waals surface area contributed by atoms with Gasteiger partial charge in [0.05, 0.1) is 18.3 Å². The van der Waals surface area contributed by atoms with Gasteiger partial charge in [0.1, 0.15) is 0 Å². The van der Waals surface area contributed by atoms with Crippen LogP contribution < -0.4 is 5.32 Å². The maximum atomic E-state index is 11.1. The van der Waals surface area contributed by atoms with Gasteiger partial charge in [0.15, 0.2) is 0 Å². The van der Waals surface area contributed by atoms with Crippen molar-refractivity contribution in [2.45, 2.75) is 270 Å². The fourth-order valence-corrected chi connectivity index (χ4v) is 8.67. The Kier molecular flexibility index (Phi) is 54.6. The Morgan fingerprint density at radius 1 is 0.353 bits per heavy atom. The summed E-state index contributed by atoms with van der Waals surface area (Å²) in [6.45, 7) is 12.2. The van der Waals surface area contributed by atoms with Gasteiger partial charge in [0, 0.05) is 45.8 Å². The zero-order valence-corrected chi connectivity index (χ0v) is 45.8. The fraction of sp³-hybridized carbons (Fsp3) is 0.806. The first kappa shape index (κ1) is 66.2. The second-order valence-electron chi connectivity index (χ2n) is 20.3. The quantitative estimate of drug-likeness (QED) is 0.0359. The molecule has 0 aromatic rings. The topological polar surface area (TPSA) is 79.2 Å². The average Bonchev–Trinajstić information content (AvgIpc) is 3.33. The van der Waals surface area contributed by atoms with E-state index >= 15 is 0 Å². The molecule has 4 N–H and O–H groups in total. The summed E-state index contributed by atoms with van der Waals surface area (Å²) in [4.78, 5) is 4.64. The molecular formula is C62H117N3O3. The molecule has 0 aliphatic rings. The van der Waals surface area contributed by atoms with Crippen LogP contribution in [0.4, 0.5) is 0 Å². The highest BCUT2D eigenvalue weighted by atomic mass is 16.3. The Labute approximate surface area is 424 Å². The van der Waals surface area contributed by atoms with Gasteiger partial charge in [-0.25, -0.2) is 0 Å². The predicted molar refractivity (Wildman–Crippen MR) is 303 cm³/mol. The maximum Gasteiger partial charge on any atom is 0.0667 e. The van der Waals surface area contributed by atoms with E-state index < -0.39 is 0 Å². The van der Waals surface area contributed by atoms with E-state index in [1.165, 1.54) is 141 Å². The summed E-state index contributed by atoms with van der Waals surface area (Å²) in [6.07, 6.45) is 69.7. The van der Waals surface area contributed by atoms with Crippen LogP contribution in [0.3, 0.4) is 0 Å². The molecular weight excluding hydrogens is 835 g/mol. The standard InChI is InChI=1S/C62H117N3O3/c1-5-8-11-14-17-20-23-26-29-32-35-38-41-44-47-50-60(66)57-63-53-54-64(4)55-56-65(58-61(67)51-48-45-42-39-36-33-30-27-24-21-18-15-12-9-6-2)59-62(68)52-49-46-43-40-37-34-31-28-25-22-19-16-13-10-7-3/h20-25,29-34,60-63,66-68H,5-19,26-28,35-59H2,1-4H3/b23-20-,24-21-,25-22-,32-29-,33-30-,34-31-. The van der Waals surface area contributed by atoms with Crippen molar-refractivity contribution in [3.63, 3.8) is 0 Å². The summed E-state index contributed by atoms with van der Waals surface area (Å²) in [5.41, 5.74) is 0. The maximum absolute atomic E-state index is 11.1. The molecule has 0 aromatic carbocycles. The number of aliphatic hydroxyl groups is 3. The minimum Gasteiger partial charge on any atom is -0.392 e. The van der Waals surface area contributed by atoms with Gasteiger partial charge in [0.2, 0.25) is 0 Å². The Morgan fingerprint density at radius 2 is 0.662 bits per heavy atom. The second kappa shape index (κ2) is 56.1. The molecule has 0 aliphatic carbocycles. The van der Waals surface area contributed by atoms with E-state index in [2.05, 4.69) is 116 Å². The van der Waals surface area contributed by atoms with E-state index in [9.17, 15) is 15.3 Å². The van der Waals surface area contributed by atoms with Gasteiger partial charge in [0.25, 0.3) is 0 Å². The number of hydrogen-bond donors (Lipinski definition) is 4. The van der Waals surface area contributed by atoms with E-state index in [0.717, 1.165) is 116 Å². The van der Waals surface area contributed by atoms with Crippen molar-refractivity contribution in [3.8, 4) is 0 Å². The zero-order chi connectivity index (χ0) is 49.5. The first-order valence-corrected chi connectivity index (χ1v) is 29.5. The van der Waals surface area contributed by atoms with E-state index in [1.54, 1.807) is 0 Å². The van der Waals surface area contributed by atoms with Gasteiger partial charge in [-0.1, -0.05) is 209 Å². The average molecular weight is 953 g/mol. The number of nitrogens with zero attached hydrogens (tertiary/aromatic N) is 2. The molecule has 0 rings (SSSR count). The second-order valence-corrected chi connectivity index (χ2v) is 20.3. The lowest BCUT2D eigenvalue weighted by Gasteiger charge is -2.29. The lowest BCUT2D eigenvalue weighted by atomic mass is 10.1. The van der Waals surface area contributed by atoms with Gasteiger partial charge in [-0.2, -0.15) is 0 Å². The molecule has 6 nitrogen and oxygen atoms in total. The lowest BCUT2D eigenvalue weighted by Crippen LogP contribution is -2.43. The van der Waals surface area contributed by atoms with Gasteiger partial charge >= 0.3 is 0 Å². The number of rotatable bonds is 54. The van der Waals surface area contributed by atoms with Crippen LogP contribution in [-0.4, -0.2) is 96.3 Å². The van der Waals surface area contributed by atoms with E-state index in [4.69, 9.17) is 0 Å². The summed E-state index contributed by atoms with van der Waals surface area (Å²) in [5, 5.41) is 36.3. The van der Waals surface area contributed by atoms with Crippen LogP contribution >= 0.6 is 0 Å². The highest BCUT2D eigenvalue weighted by Crippen LogP contribution is 2.14. The van der Waals surface area contributed by atoms with Crippen molar-refractivity contribution in [2.75, 3.05) is 52.9 Å². The van der Waals surface area contributed by atoms with Crippen molar-refractivity contribution in [3.05, 3.63) is 72.9 Å². The zero-order valence-electron chi connectivity index (χ0n) is 45.8. The van der Waals surface area contributed by atoms with Crippen molar-refractivity contribution < 1.29 is 15.3 Å². The van der Waals surface area contributed by atoms with E-state index in [0.29, 0.717) is 19.6 Å². The normalized spacial score (nSPS) is 14.1. The van der Waals surface area contributed by atoms with Crippen LogP contribution in [0.1, 0.15) is 252 Å². The molecule has 0 fully saturated rings. The van der Waals surface area contributed by atoms with Gasteiger partial charge in [-0.15, -0.1) is 0 Å². The Morgan fingerprint density at radius 3 is 1.00 bits per heavy atom. The summed E-state index contributed by atoms with van der Waals surface area (Å²) in [5.74, 6) is 0. The van der Waals surface area contributed by atoms with Crippen LogP contribution in [0, 0.1) is 0 Å². The summed E-state index contributed by atoms with van der Waals surface area (Å²) >= 11 is 0. The van der Waals surface area contributed by atoms with Crippen molar-refractivity contribution in [2.24, 2.45) is 0 Å². The number of hydrogen-bond acceptors (Lipinski definition) is 6. The molecule has 0 heterocycles. The molecule has 0 aromatic heterocycles. The minimum absolute atomic E-state index is 0.287. The van der Waals surface area contributed by atoms with Gasteiger partial charge < -0.3 is 25.5 Å². The molecule has 0 bridgehead atoms. The number of allylic oxidation sites excluding steroid dienone is 12. The SMILES string of the molecule is CCCCCC/C=C\C/C=C\CCCCCCC(O)CNCCN(C)CCN(CC(O)CCCCCC/C=C\C/C=C\CCCCCC)CC(O)CCCCCC/C=C\C/C=C\CCCCCC. The lowest BCUT2D eigenvalue weighted by molar-refractivity contribution is 0.0564. The van der Waals surface area contributed by atoms with Gasteiger partial charge in [-0.05, 0) is 123 Å². The molecule has 398 valence electrons. The number of unbranched alkanes of at least 4 members (excludes halogenated alkanes) is 24. The molecule has 0 spiro atoms. The smallest absolute Gasteiger partial charge is 0.0667 e. The van der Waals surface area contributed by atoms with Crippen LogP contribution in [0.2, 0.25) is 0 Å². The number of aliphatic hydroxyl groups excluding tert-OH is 3. The molecule has 68 heavy (non-hydrogen) atoms. The first-order valence-electron chi connectivity index (χ1n) is 29.5. The summed E-state index contributed by atoms with van der Waals surface area (Å²) in [7, 11) is 2.16. The summed E-state index contributed by atoms with van der Waals surface area (Å²) < 4.78 is 0. The molecule has 3 unspecified atom stereocenters. The number of nitrogens with one attached hydrogen (secondary N) is 1. The Bertz CT molecular complexity index is 1110. The van der Waals surface area contributed by atoms with Crippen LogP contribution in [-0.2, 0) is 0 Å². The third-order valence-corrected chi connectivity index (χ3v) is 13.3. The van der Waals surface area contributed by atoms with Gasteiger partial charge in [-0.3, -0.25) is 4.90 Å². The third kappa shape index (κ3) is 53.5. The van der Waals surface area contributed by atoms with E-state index in [-0.39, 0.29) is 18.3 Å². The molecule has 0 aliphatic heterocycles. The Balaban J connectivity index is 4.49. The molecule has 6 heteroatoms. The van der Waals surface area contributed by atoms with Crippen molar-refractivity contribution in [1.29, 1.82) is 0 Å². The predicted octanol–water partition coefficient (Wildman–Crippen LogP) is 16.3. The van der Waals surface area contributed by atoms with Crippen LogP contribution in [0.15, 0.2) is 72.9 Å². The van der Waals surface area contributed by atoms with E-state index in [1.807, 2.05) is 0 Å². The highest BCUT2D eigenvalue weighted by Gasteiger charge is 2.17.